The summed E-state index contributed by atoms with van der Waals surface area (Å²) in [4.78, 5) is 5.25. The molecule has 0 aromatic heterocycles. The third-order valence-corrected chi connectivity index (χ3v) is 4.67. The molecule has 0 radical (unpaired) electrons. The minimum absolute atomic E-state index is 0.267. The highest BCUT2D eigenvalue weighted by Gasteiger charge is 2.44. The summed E-state index contributed by atoms with van der Waals surface area (Å²) in [7, 11) is 2.25. The van der Waals surface area contributed by atoms with E-state index in [2.05, 4.69) is 30.7 Å². The fourth-order valence-corrected chi connectivity index (χ4v) is 3.45. The van der Waals surface area contributed by atoms with Gasteiger partial charge >= 0.3 is 0 Å². The van der Waals surface area contributed by atoms with Crippen LogP contribution in [0, 0.1) is 5.92 Å². The number of likely N-dealkylation sites (tertiary alicyclic amines) is 1. The smallest absolute Gasteiger partial charge is 0.0461 e. The fraction of sp³-hybridized carbons (Fsp3) is 1.00. The Morgan fingerprint density at radius 1 is 1.39 bits per heavy atom. The van der Waals surface area contributed by atoms with Gasteiger partial charge < -0.3 is 10.6 Å². The number of hydrogen-bond acceptors (Lipinski definition) is 3. The van der Waals surface area contributed by atoms with Crippen LogP contribution in [0.25, 0.3) is 0 Å². The Morgan fingerprint density at radius 3 is 2.61 bits per heavy atom. The van der Waals surface area contributed by atoms with E-state index in [9.17, 15) is 0 Å². The molecule has 3 heteroatoms. The largest absolute Gasteiger partial charge is 0.329 e. The Balaban J connectivity index is 2.05. The Bertz CT molecular complexity index is 262. The second-order valence-corrected chi connectivity index (χ2v) is 6.88. The number of piperidine rings is 1. The molecule has 0 aromatic carbocycles. The maximum absolute atomic E-state index is 6.20. The van der Waals surface area contributed by atoms with Gasteiger partial charge in [0.1, 0.15) is 0 Å². The van der Waals surface area contributed by atoms with Crippen molar-refractivity contribution in [1.82, 2.24) is 9.80 Å². The standard InChI is InChI=1S/C15H31N3/c1-13(2)7-10-18(14-5-6-14)15(11-16)8-4-9-17(3)12-15/h13-14H,4-12,16H2,1-3H3. The van der Waals surface area contributed by atoms with Crippen molar-refractivity contribution in [2.45, 2.75) is 57.5 Å². The molecule has 0 spiro atoms. The lowest BCUT2D eigenvalue weighted by atomic mass is 9.86. The Kier molecular flexibility index (Phi) is 4.68. The molecule has 0 bridgehead atoms. The van der Waals surface area contributed by atoms with E-state index in [1.807, 2.05) is 0 Å². The molecule has 0 aromatic rings. The zero-order valence-electron chi connectivity index (χ0n) is 12.5. The van der Waals surface area contributed by atoms with Crippen molar-refractivity contribution < 1.29 is 0 Å². The van der Waals surface area contributed by atoms with E-state index in [0.717, 1.165) is 25.0 Å². The topological polar surface area (TPSA) is 32.5 Å². The number of hydrogen-bond donors (Lipinski definition) is 1. The summed E-state index contributed by atoms with van der Waals surface area (Å²) in [6, 6.07) is 0.832. The molecule has 2 rings (SSSR count). The highest BCUT2D eigenvalue weighted by atomic mass is 15.3. The summed E-state index contributed by atoms with van der Waals surface area (Å²) in [5.41, 5.74) is 6.47. The van der Waals surface area contributed by atoms with Crippen LogP contribution in [-0.2, 0) is 0 Å². The van der Waals surface area contributed by atoms with Gasteiger partial charge in [-0.05, 0) is 58.2 Å². The van der Waals surface area contributed by atoms with Crippen molar-refractivity contribution in [3.63, 3.8) is 0 Å². The molecule has 1 aliphatic carbocycles. The maximum Gasteiger partial charge on any atom is 0.0461 e. The van der Waals surface area contributed by atoms with Gasteiger partial charge in [-0.1, -0.05) is 13.8 Å². The average molecular weight is 253 g/mol. The van der Waals surface area contributed by atoms with E-state index < -0.39 is 0 Å². The summed E-state index contributed by atoms with van der Waals surface area (Å²) in [5, 5.41) is 0. The third-order valence-electron chi connectivity index (χ3n) is 4.67. The summed E-state index contributed by atoms with van der Waals surface area (Å²) < 4.78 is 0. The molecule has 1 saturated carbocycles. The van der Waals surface area contributed by atoms with Crippen LogP contribution < -0.4 is 5.73 Å². The number of likely N-dealkylation sites (N-methyl/N-ethyl adjacent to an activating group) is 1. The Hall–Kier alpha value is -0.120. The van der Waals surface area contributed by atoms with E-state index in [1.54, 1.807) is 0 Å². The minimum Gasteiger partial charge on any atom is -0.329 e. The zero-order valence-corrected chi connectivity index (χ0v) is 12.5. The van der Waals surface area contributed by atoms with Crippen LogP contribution in [0.2, 0.25) is 0 Å². The normalized spacial score (nSPS) is 30.3. The molecule has 1 aliphatic heterocycles. The molecule has 2 N–H and O–H groups in total. The summed E-state index contributed by atoms with van der Waals surface area (Å²) in [6.45, 7) is 9.13. The van der Waals surface area contributed by atoms with Gasteiger partial charge in [-0.2, -0.15) is 0 Å². The SMILES string of the molecule is CC(C)CCN(C1CC1)C1(CN)CCCN(C)C1. The highest BCUT2D eigenvalue weighted by Crippen LogP contribution is 2.37. The van der Waals surface area contributed by atoms with Crippen LogP contribution >= 0.6 is 0 Å². The molecular formula is C15H31N3. The van der Waals surface area contributed by atoms with Gasteiger partial charge in [-0.25, -0.2) is 0 Å². The maximum atomic E-state index is 6.20. The molecule has 1 atom stereocenters. The highest BCUT2D eigenvalue weighted by molar-refractivity contribution is 5.02. The molecule has 0 amide bonds. The van der Waals surface area contributed by atoms with Gasteiger partial charge in [0, 0.05) is 24.7 Å². The Labute approximate surface area is 113 Å². The summed E-state index contributed by atoms with van der Waals surface area (Å²) in [6.07, 6.45) is 6.69. The van der Waals surface area contributed by atoms with E-state index in [1.165, 1.54) is 45.2 Å². The van der Waals surface area contributed by atoms with Crippen LogP contribution in [0.5, 0.6) is 0 Å². The van der Waals surface area contributed by atoms with Gasteiger partial charge in [0.25, 0.3) is 0 Å². The monoisotopic (exact) mass is 253 g/mol. The lowest BCUT2D eigenvalue weighted by Crippen LogP contribution is -2.62. The molecule has 1 unspecified atom stereocenters. The summed E-state index contributed by atoms with van der Waals surface area (Å²) >= 11 is 0. The van der Waals surface area contributed by atoms with Gasteiger partial charge in [0.15, 0.2) is 0 Å². The van der Waals surface area contributed by atoms with Crippen molar-refractivity contribution in [3.05, 3.63) is 0 Å². The van der Waals surface area contributed by atoms with Crippen LogP contribution in [-0.4, -0.2) is 54.6 Å². The predicted molar refractivity (Wildman–Crippen MR) is 77.7 cm³/mol. The van der Waals surface area contributed by atoms with Crippen molar-refractivity contribution >= 4 is 0 Å². The Morgan fingerprint density at radius 2 is 2.11 bits per heavy atom. The second kappa shape index (κ2) is 5.89. The van der Waals surface area contributed by atoms with E-state index in [4.69, 9.17) is 5.73 Å². The molecule has 1 heterocycles. The quantitative estimate of drug-likeness (QED) is 0.785. The minimum atomic E-state index is 0.267. The van der Waals surface area contributed by atoms with Gasteiger partial charge in [-0.3, -0.25) is 4.90 Å². The lowest BCUT2D eigenvalue weighted by Gasteiger charge is -2.49. The van der Waals surface area contributed by atoms with Crippen molar-refractivity contribution in [1.29, 1.82) is 0 Å². The van der Waals surface area contributed by atoms with Crippen molar-refractivity contribution in [2.24, 2.45) is 11.7 Å². The molecule has 2 aliphatic rings. The first-order chi connectivity index (χ1) is 8.57. The van der Waals surface area contributed by atoms with Crippen LogP contribution in [0.3, 0.4) is 0 Å². The second-order valence-electron chi connectivity index (χ2n) is 6.88. The molecule has 106 valence electrons. The first-order valence-electron chi connectivity index (χ1n) is 7.73. The zero-order chi connectivity index (χ0) is 13.2. The van der Waals surface area contributed by atoms with Crippen molar-refractivity contribution in [2.75, 3.05) is 33.2 Å². The predicted octanol–water partition coefficient (Wildman–Crippen LogP) is 1.92. The fourth-order valence-electron chi connectivity index (χ4n) is 3.45. The first-order valence-corrected chi connectivity index (χ1v) is 7.73. The van der Waals surface area contributed by atoms with Gasteiger partial charge in [-0.15, -0.1) is 0 Å². The molecule has 18 heavy (non-hydrogen) atoms. The van der Waals surface area contributed by atoms with Crippen LogP contribution in [0.15, 0.2) is 0 Å². The van der Waals surface area contributed by atoms with Crippen molar-refractivity contribution in [3.8, 4) is 0 Å². The van der Waals surface area contributed by atoms with Gasteiger partial charge in [0.2, 0.25) is 0 Å². The molecule has 1 saturated heterocycles. The van der Waals surface area contributed by atoms with E-state index >= 15 is 0 Å². The lowest BCUT2D eigenvalue weighted by molar-refractivity contribution is 0.0164. The molecule has 3 nitrogen and oxygen atoms in total. The van der Waals surface area contributed by atoms with Crippen LogP contribution in [0.4, 0.5) is 0 Å². The molecular weight excluding hydrogens is 222 g/mol. The van der Waals surface area contributed by atoms with Gasteiger partial charge in [0.05, 0.1) is 0 Å². The third kappa shape index (κ3) is 3.25. The van der Waals surface area contributed by atoms with E-state index in [-0.39, 0.29) is 5.54 Å². The molecule has 2 fully saturated rings. The summed E-state index contributed by atoms with van der Waals surface area (Å²) in [5.74, 6) is 0.794. The number of nitrogens with zero attached hydrogens (tertiary/aromatic N) is 2. The average Bonchev–Trinajstić information content (AvgIpc) is 3.13. The van der Waals surface area contributed by atoms with E-state index in [0.29, 0.717) is 0 Å². The van der Waals surface area contributed by atoms with Crippen LogP contribution in [0.1, 0.15) is 46.0 Å². The first kappa shape index (κ1) is 14.3. The number of nitrogens with two attached hydrogens (primary N) is 1. The number of rotatable bonds is 6.